The second-order valence-corrected chi connectivity index (χ2v) is 7.71. The molecule has 1 N–H and O–H groups in total. The fraction of sp³-hybridized carbons (Fsp3) is 0.286. The van der Waals surface area contributed by atoms with Crippen LogP contribution in [-0.4, -0.2) is 16.8 Å². The molecule has 0 amide bonds. The summed E-state index contributed by atoms with van der Waals surface area (Å²) < 4.78 is 45.2. The van der Waals surface area contributed by atoms with Crippen molar-refractivity contribution in [3.8, 4) is 6.07 Å². The highest BCUT2D eigenvalue weighted by atomic mass is 32.2. The molecule has 0 saturated carbocycles. The maximum absolute atomic E-state index is 13.7. The minimum Gasteiger partial charge on any atom is -0.345 e. The van der Waals surface area contributed by atoms with Gasteiger partial charge in [0.25, 0.3) is 0 Å². The van der Waals surface area contributed by atoms with Crippen molar-refractivity contribution < 1.29 is 13.2 Å². The molecule has 0 aliphatic carbocycles. The quantitative estimate of drug-likeness (QED) is 0.559. The van der Waals surface area contributed by atoms with Gasteiger partial charge < -0.3 is 4.57 Å². The maximum atomic E-state index is 13.7. The Kier molecular flexibility index (Phi) is 5.73. The second kappa shape index (κ2) is 7.90. The summed E-state index contributed by atoms with van der Waals surface area (Å²) in [7, 11) is 0. The molecule has 1 aromatic heterocycles. The summed E-state index contributed by atoms with van der Waals surface area (Å²) >= 11 is 1.02. The number of nitrogens with zero attached hydrogens (tertiary/aromatic N) is 2. The predicted octanol–water partition coefficient (Wildman–Crippen LogP) is 5.67. The molecule has 3 nitrogen and oxygen atoms in total. The number of hydrogen-bond donors (Lipinski definition) is 1. The van der Waals surface area contributed by atoms with E-state index in [1.54, 1.807) is 30.5 Å². The molecule has 0 aliphatic rings. The Morgan fingerprint density at radius 3 is 2.43 bits per heavy atom. The molecule has 0 fully saturated rings. The van der Waals surface area contributed by atoms with E-state index in [2.05, 4.69) is 10.8 Å². The lowest BCUT2D eigenvalue weighted by Crippen LogP contribution is -2.42. The lowest BCUT2D eigenvalue weighted by atomic mass is 10.1. The molecule has 7 heteroatoms. The van der Waals surface area contributed by atoms with Crippen LogP contribution in [0.15, 0.2) is 47.5 Å². The lowest BCUT2D eigenvalue weighted by Gasteiger charge is -2.23. The van der Waals surface area contributed by atoms with Gasteiger partial charge in [-0.1, -0.05) is 23.8 Å². The topological polar surface area (TPSA) is 40.8 Å². The van der Waals surface area contributed by atoms with E-state index < -0.39 is 12.2 Å². The van der Waals surface area contributed by atoms with Gasteiger partial charge in [-0.3, -0.25) is 0 Å². The predicted molar refractivity (Wildman–Crippen MR) is 106 cm³/mol. The van der Waals surface area contributed by atoms with E-state index in [4.69, 9.17) is 0 Å². The zero-order valence-electron chi connectivity index (χ0n) is 15.8. The minimum absolute atomic E-state index is 0.279. The van der Waals surface area contributed by atoms with Crippen LogP contribution in [0.5, 0.6) is 0 Å². The van der Waals surface area contributed by atoms with Gasteiger partial charge in [-0.25, -0.2) is 4.72 Å². The number of fused-ring (bicyclic) bond motifs is 1. The Morgan fingerprint density at radius 1 is 1.14 bits per heavy atom. The third-order valence-corrected chi connectivity index (χ3v) is 5.87. The summed E-state index contributed by atoms with van der Waals surface area (Å²) in [6.07, 6.45) is -2.82. The first-order valence-electron chi connectivity index (χ1n) is 8.75. The largest absolute Gasteiger partial charge is 0.406 e. The molecule has 2 aromatic carbocycles. The van der Waals surface area contributed by atoms with E-state index >= 15 is 0 Å². The van der Waals surface area contributed by atoms with Crippen LogP contribution < -0.4 is 4.72 Å². The van der Waals surface area contributed by atoms with Gasteiger partial charge in [0.15, 0.2) is 0 Å². The monoisotopic (exact) mass is 403 g/mol. The molecule has 1 atom stereocenters. The Balaban J connectivity index is 1.86. The Labute approximate surface area is 166 Å². The molecule has 0 spiro atoms. The number of benzene rings is 2. The van der Waals surface area contributed by atoms with Crippen molar-refractivity contribution in [1.82, 2.24) is 9.29 Å². The van der Waals surface area contributed by atoms with E-state index in [1.165, 1.54) is 4.57 Å². The zero-order chi connectivity index (χ0) is 20.5. The average Bonchev–Trinajstić information content (AvgIpc) is 3.02. The Morgan fingerprint density at radius 2 is 1.82 bits per heavy atom. The molecular weight excluding hydrogens is 383 g/mol. The molecule has 0 bridgehead atoms. The van der Waals surface area contributed by atoms with Crippen molar-refractivity contribution in [3.05, 3.63) is 64.8 Å². The number of alkyl halides is 3. The third kappa shape index (κ3) is 4.18. The number of aromatic nitrogens is 1. The molecular formula is C21H20F3N3S. The number of aryl methyl sites for hydroxylation is 3. The zero-order valence-corrected chi connectivity index (χ0v) is 16.6. The van der Waals surface area contributed by atoms with Gasteiger partial charge in [0.05, 0.1) is 11.6 Å². The van der Waals surface area contributed by atoms with Gasteiger partial charge in [0.2, 0.25) is 0 Å². The first-order valence-corrected chi connectivity index (χ1v) is 9.57. The first-order chi connectivity index (χ1) is 13.2. The summed E-state index contributed by atoms with van der Waals surface area (Å²) in [5.74, 6) is 0. The lowest BCUT2D eigenvalue weighted by molar-refractivity contribution is -0.153. The minimum atomic E-state index is -4.41. The highest BCUT2D eigenvalue weighted by molar-refractivity contribution is 7.97. The average molecular weight is 403 g/mol. The van der Waals surface area contributed by atoms with Crippen LogP contribution in [0.3, 0.4) is 0 Å². The highest BCUT2D eigenvalue weighted by Crippen LogP contribution is 2.30. The summed E-state index contributed by atoms with van der Waals surface area (Å²) in [5.41, 5.74) is 4.04. The van der Waals surface area contributed by atoms with Gasteiger partial charge in [-0.05, 0) is 62.0 Å². The van der Waals surface area contributed by atoms with Crippen molar-refractivity contribution in [1.29, 1.82) is 5.26 Å². The number of rotatable bonds is 5. The number of nitrogens with one attached hydrogen (secondary N) is 1. The van der Waals surface area contributed by atoms with Crippen molar-refractivity contribution in [2.45, 2.75) is 44.4 Å². The molecule has 3 rings (SSSR count). The van der Waals surface area contributed by atoms with Crippen LogP contribution in [0.1, 0.15) is 22.3 Å². The molecule has 3 aromatic rings. The molecule has 1 unspecified atom stereocenters. The molecule has 146 valence electrons. The molecule has 28 heavy (non-hydrogen) atoms. The van der Waals surface area contributed by atoms with Crippen LogP contribution in [0, 0.1) is 32.1 Å². The standard InChI is InChI=1S/C21H20F3N3S/c1-13-9-14(2)20(15(3)10-13)28-26-19(21(22,23)24)12-27-8-7-17-16(11-25)5-4-6-18(17)27/h4-10,19,26H,12H2,1-3H3. The number of hydrogen-bond acceptors (Lipinski definition) is 3. The number of halogens is 3. The number of nitriles is 1. The van der Waals surface area contributed by atoms with Crippen molar-refractivity contribution >= 4 is 22.9 Å². The van der Waals surface area contributed by atoms with Gasteiger partial charge >= 0.3 is 6.18 Å². The van der Waals surface area contributed by atoms with Crippen LogP contribution in [0.2, 0.25) is 0 Å². The van der Waals surface area contributed by atoms with Crippen LogP contribution in [-0.2, 0) is 6.54 Å². The van der Waals surface area contributed by atoms with Crippen molar-refractivity contribution in [2.24, 2.45) is 0 Å². The van der Waals surface area contributed by atoms with Gasteiger partial charge in [-0.2, -0.15) is 18.4 Å². The van der Waals surface area contributed by atoms with E-state index in [-0.39, 0.29) is 6.54 Å². The van der Waals surface area contributed by atoms with Crippen LogP contribution in [0.25, 0.3) is 10.9 Å². The second-order valence-electron chi connectivity index (χ2n) is 6.86. The summed E-state index contributed by atoms with van der Waals surface area (Å²) in [6, 6.07) is 11.0. The highest BCUT2D eigenvalue weighted by Gasteiger charge is 2.40. The normalized spacial score (nSPS) is 12.9. The molecule has 0 radical (unpaired) electrons. The van der Waals surface area contributed by atoms with E-state index in [0.717, 1.165) is 33.5 Å². The Hall–Kier alpha value is -2.43. The van der Waals surface area contributed by atoms with E-state index in [0.29, 0.717) is 16.5 Å². The molecule has 0 aliphatic heterocycles. The van der Waals surface area contributed by atoms with Crippen LogP contribution in [0.4, 0.5) is 13.2 Å². The molecule has 1 heterocycles. The third-order valence-electron chi connectivity index (χ3n) is 4.62. The fourth-order valence-corrected chi connectivity index (χ4v) is 4.25. The molecule has 0 saturated heterocycles. The van der Waals surface area contributed by atoms with Crippen molar-refractivity contribution in [3.63, 3.8) is 0 Å². The summed E-state index contributed by atoms with van der Waals surface area (Å²) in [4.78, 5) is 0.809. The first kappa shape index (κ1) is 20.3. The summed E-state index contributed by atoms with van der Waals surface area (Å²) in [6.45, 7) is 5.48. The Bertz CT molecular complexity index is 1020. The smallest absolute Gasteiger partial charge is 0.345 e. The van der Waals surface area contributed by atoms with E-state index in [1.807, 2.05) is 32.9 Å². The van der Waals surface area contributed by atoms with Crippen LogP contribution >= 0.6 is 11.9 Å². The maximum Gasteiger partial charge on any atom is 0.406 e. The van der Waals surface area contributed by atoms with Gasteiger partial charge in [0.1, 0.15) is 6.04 Å². The fourth-order valence-electron chi connectivity index (χ4n) is 3.34. The van der Waals surface area contributed by atoms with Gasteiger partial charge in [-0.15, -0.1) is 0 Å². The van der Waals surface area contributed by atoms with Crippen molar-refractivity contribution in [2.75, 3.05) is 0 Å². The summed E-state index contributed by atoms with van der Waals surface area (Å²) in [5, 5.41) is 9.84. The SMILES string of the molecule is Cc1cc(C)c(SNC(Cn2ccc3c(C#N)cccc32)C(F)(F)F)c(C)c1. The van der Waals surface area contributed by atoms with E-state index in [9.17, 15) is 18.4 Å². The van der Waals surface area contributed by atoms with Gasteiger partial charge in [0, 0.05) is 28.5 Å².